The number of carbonyl (C=O) groups excluding carboxylic acids is 1. The van der Waals surface area contributed by atoms with Crippen LogP contribution in [0.3, 0.4) is 0 Å². The van der Waals surface area contributed by atoms with Crippen LogP contribution >= 0.6 is 11.6 Å². The molecule has 0 aliphatic rings. The molecular weight excluding hydrogens is 286 g/mol. The van der Waals surface area contributed by atoms with E-state index in [1.54, 1.807) is 0 Å². The number of fused-ring (bicyclic) bond motifs is 1. The molecule has 0 amide bonds. The van der Waals surface area contributed by atoms with Gasteiger partial charge in [-0.05, 0) is 18.2 Å². The van der Waals surface area contributed by atoms with E-state index in [1.807, 2.05) is 0 Å². The van der Waals surface area contributed by atoms with Gasteiger partial charge in [0.25, 0.3) is 0 Å². The summed E-state index contributed by atoms with van der Waals surface area (Å²) < 4.78 is 27.3. The van der Waals surface area contributed by atoms with Crippen LogP contribution in [0.4, 0.5) is 8.78 Å². The Morgan fingerprint density at radius 2 is 1.90 bits per heavy atom. The first-order valence-corrected chi connectivity index (χ1v) is 6.07. The molecule has 0 bridgehead atoms. The third-order valence-corrected chi connectivity index (χ3v) is 3.27. The van der Waals surface area contributed by atoms with E-state index in [2.05, 4.69) is 9.97 Å². The Bertz CT molecular complexity index is 809. The summed E-state index contributed by atoms with van der Waals surface area (Å²) in [5, 5.41) is 0.637. The third kappa shape index (κ3) is 1.87. The van der Waals surface area contributed by atoms with E-state index in [-0.39, 0.29) is 10.6 Å². The van der Waals surface area contributed by atoms with Crippen molar-refractivity contribution < 1.29 is 13.6 Å². The van der Waals surface area contributed by atoms with Crippen LogP contribution in [0.5, 0.6) is 0 Å². The second-order valence-electron chi connectivity index (χ2n) is 4.14. The van der Waals surface area contributed by atoms with Crippen LogP contribution in [0.15, 0.2) is 36.7 Å². The highest BCUT2D eigenvalue weighted by Crippen LogP contribution is 2.28. The summed E-state index contributed by atoms with van der Waals surface area (Å²) in [5.41, 5.74) is -0.131. The number of ketones is 1. The highest BCUT2D eigenvalue weighted by molar-refractivity contribution is 6.37. The van der Waals surface area contributed by atoms with Gasteiger partial charge in [-0.3, -0.25) is 4.79 Å². The summed E-state index contributed by atoms with van der Waals surface area (Å²) in [5.74, 6) is -2.60. The molecule has 3 rings (SSSR count). The van der Waals surface area contributed by atoms with Gasteiger partial charge in [0.15, 0.2) is 0 Å². The van der Waals surface area contributed by atoms with Gasteiger partial charge >= 0.3 is 0 Å². The lowest BCUT2D eigenvalue weighted by Crippen LogP contribution is -2.07. The molecule has 0 aliphatic carbocycles. The molecule has 2 aromatic heterocycles. The summed E-state index contributed by atoms with van der Waals surface area (Å²) in [6, 6.07) is 4.77. The van der Waals surface area contributed by atoms with E-state index in [0.717, 1.165) is 12.1 Å². The van der Waals surface area contributed by atoms with E-state index in [0.29, 0.717) is 11.0 Å². The number of nitrogens with one attached hydrogen (secondary N) is 1. The topological polar surface area (TPSA) is 45.8 Å². The van der Waals surface area contributed by atoms with Gasteiger partial charge in [-0.25, -0.2) is 13.8 Å². The molecular formula is C14H7ClF2N2O. The van der Waals surface area contributed by atoms with Crippen LogP contribution in [0, 0.1) is 11.6 Å². The first-order valence-electron chi connectivity index (χ1n) is 5.70. The molecule has 6 heteroatoms. The first-order chi connectivity index (χ1) is 9.59. The number of hydrogen-bond donors (Lipinski definition) is 1. The van der Waals surface area contributed by atoms with Gasteiger partial charge in [-0.1, -0.05) is 17.7 Å². The maximum absolute atomic E-state index is 13.7. The van der Waals surface area contributed by atoms with E-state index in [4.69, 9.17) is 11.6 Å². The van der Waals surface area contributed by atoms with Crippen LogP contribution in [-0.2, 0) is 0 Å². The normalized spacial score (nSPS) is 10.9. The quantitative estimate of drug-likeness (QED) is 0.732. The van der Waals surface area contributed by atoms with Gasteiger partial charge in [0.05, 0.1) is 16.1 Å². The highest BCUT2D eigenvalue weighted by Gasteiger charge is 2.22. The Morgan fingerprint density at radius 1 is 1.20 bits per heavy atom. The number of aromatic amines is 1. The fourth-order valence-electron chi connectivity index (χ4n) is 2.05. The summed E-state index contributed by atoms with van der Waals surface area (Å²) in [6.45, 7) is 0. The number of hydrogen-bond acceptors (Lipinski definition) is 2. The van der Waals surface area contributed by atoms with Crippen molar-refractivity contribution >= 4 is 28.4 Å². The summed E-state index contributed by atoms with van der Waals surface area (Å²) in [7, 11) is 0. The Hall–Kier alpha value is -2.27. The molecule has 0 unspecified atom stereocenters. The molecule has 0 saturated carbocycles. The lowest BCUT2D eigenvalue weighted by molar-refractivity contribution is 0.103. The molecule has 0 fully saturated rings. The zero-order valence-corrected chi connectivity index (χ0v) is 10.7. The smallest absolute Gasteiger partial charge is 0.201 e. The molecule has 0 aliphatic heterocycles. The van der Waals surface area contributed by atoms with Gasteiger partial charge in [-0.15, -0.1) is 0 Å². The predicted molar refractivity (Wildman–Crippen MR) is 70.9 cm³/mol. The number of halogens is 3. The fourth-order valence-corrected chi connectivity index (χ4v) is 2.29. The molecule has 3 nitrogen and oxygen atoms in total. The van der Waals surface area contributed by atoms with Crippen molar-refractivity contribution in [2.75, 3.05) is 0 Å². The molecule has 1 aromatic carbocycles. The molecule has 0 saturated heterocycles. The number of rotatable bonds is 2. The van der Waals surface area contributed by atoms with Crippen molar-refractivity contribution in [2.45, 2.75) is 0 Å². The second-order valence-corrected chi connectivity index (χ2v) is 4.55. The summed E-state index contributed by atoms with van der Waals surface area (Å²) in [4.78, 5) is 19.1. The Balaban J connectivity index is 2.24. The van der Waals surface area contributed by atoms with Crippen molar-refractivity contribution in [3.05, 3.63) is 64.4 Å². The monoisotopic (exact) mass is 292 g/mol. The number of carbonyl (C=O) groups is 1. The predicted octanol–water partition coefficient (Wildman–Crippen LogP) is 3.73. The zero-order chi connectivity index (χ0) is 14.3. The van der Waals surface area contributed by atoms with Crippen LogP contribution in [-0.4, -0.2) is 15.8 Å². The van der Waals surface area contributed by atoms with Gasteiger partial charge < -0.3 is 4.98 Å². The lowest BCUT2D eigenvalue weighted by atomic mass is 10.0. The fraction of sp³-hybridized carbons (Fsp3) is 0. The minimum atomic E-state index is -0.913. The zero-order valence-electron chi connectivity index (χ0n) is 9.95. The lowest BCUT2D eigenvalue weighted by Gasteiger charge is -2.03. The second kappa shape index (κ2) is 4.68. The molecule has 2 heterocycles. The molecule has 0 atom stereocenters. The van der Waals surface area contributed by atoms with Crippen LogP contribution in [0.2, 0.25) is 5.02 Å². The molecule has 3 aromatic rings. The maximum atomic E-state index is 13.7. The van der Waals surface area contributed by atoms with E-state index < -0.39 is 23.0 Å². The first kappa shape index (κ1) is 12.7. The number of benzene rings is 1. The van der Waals surface area contributed by atoms with Crippen LogP contribution in [0.1, 0.15) is 15.9 Å². The van der Waals surface area contributed by atoms with Crippen molar-refractivity contribution in [3.63, 3.8) is 0 Å². The number of pyridine rings is 1. The standard InChI is InChI=1S/C14H7ClF2N2O/c15-8-4-5-18-14-11(8)7(6-19-14)13(20)12-9(16)2-1-3-10(12)17/h1-6H,(H,18,19). The van der Waals surface area contributed by atoms with Crippen LogP contribution in [0.25, 0.3) is 11.0 Å². The van der Waals surface area contributed by atoms with Crippen molar-refractivity contribution in [2.24, 2.45) is 0 Å². The molecule has 1 N–H and O–H groups in total. The number of nitrogens with zero attached hydrogens (tertiary/aromatic N) is 1. The average molecular weight is 293 g/mol. The number of aromatic nitrogens is 2. The summed E-state index contributed by atoms with van der Waals surface area (Å²) >= 11 is 6.01. The number of H-pyrrole nitrogens is 1. The SMILES string of the molecule is O=C(c1c(F)cccc1F)c1c[nH]c2nccc(Cl)c12. The van der Waals surface area contributed by atoms with E-state index in [1.165, 1.54) is 24.5 Å². The van der Waals surface area contributed by atoms with Crippen LogP contribution < -0.4 is 0 Å². The highest BCUT2D eigenvalue weighted by atomic mass is 35.5. The average Bonchev–Trinajstić information content (AvgIpc) is 2.83. The minimum absolute atomic E-state index is 0.0853. The largest absolute Gasteiger partial charge is 0.345 e. The Kier molecular flexibility index (Phi) is 2.99. The van der Waals surface area contributed by atoms with Gasteiger partial charge in [0, 0.05) is 17.8 Å². The van der Waals surface area contributed by atoms with E-state index in [9.17, 15) is 13.6 Å². The van der Waals surface area contributed by atoms with Gasteiger partial charge in [0.1, 0.15) is 17.3 Å². The van der Waals surface area contributed by atoms with Gasteiger partial charge in [0.2, 0.25) is 5.78 Å². The maximum Gasteiger partial charge on any atom is 0.201 e. The molecule has 100 valence electrons. The van der Waals surface area contributed by atoms with Gasteiger partial charge in [-0.2, -0.15) is 0 Å². The van der Waals surface area contributed by atoms with Crippen molar-refractivity contribution in [1.29, 1.82) is 0 Å². The Labute approximate surface area is 117 Å². The third-order valence-electron chi connectivity index (χ3n) is 2.96. The van der Waals surface area contributed by atoms with Crippen molar-refractivity contribution in [3.8, 4) is 0 Å². The molecule has 20 heavy (non-hydrogen) atoms. The van der Waals surface area contributed by atoms with Crippen molar-refractivity contribution in [1.82, 2.24) is 9.97 Å². The molecule has 0 spiro atoms. The summed E-state index contributed by atoms with van der Waals surface area (Å²) in [6.07, 6.45) is 2.82. The minimum Gasteiger partial charge on any atom is -0.345 e. The molecule has 0 radical (unpaired) electrons. The Morgan fingerprint density at radius 3 is 2.60 bits per heavy atom. The van der Waals surface area contributed by atoms with E-state index >= 15 is 0 Å².